The third-order valence-electron chi connectivity index (χ3n) is 4.25. The largest absolute Gasteiger partial charge is 0.432 e. The Labute approximate surface area is 196 Å². The second-order valence-corrected chi connectivity index (χ2v) is 8.58. The van der Waals surface area contributed by atoms with Crippen molar-refractivity contribution in [1.82, 2.24) is 4.57 Å². The van der Waals surface area contributed by atoms with E-state index in [1.807, 2.05) is 6.07 Å². The van der Waals surface area contributed by atoms with Gasteiger partial charge in [0.1, 0.15) is 18.5 Å². The minimum Gasteiger partial charge on any atom is -0.361 e. The van der Waals surface area contributed by atoms with Gasteiger partial charge < -0.3 is 9.30 Å². The Bertz CT molecular complexity index is 1140. The van der Waals surface area contributed by atoms with Crippen molar-refractivity contribution < 1.29 is 17.9 Å². The molecule has 162 valence electrons. The van der Waals surface area contributed by atoms with Crippen molar-refractivity contribution >= 4 is 46.6 Å². The lowest BCUT2D eigenvalue weighted by molar-refractivity contribution is -0.148. The fourth-order valence-electron chi connectivity index (χ4n) is 2.96. The van der Waals surface area contributed by atoms with E-state index >= 15 is 0 Å². The van der Waals surface area contributed by atoms with Crippen LogP contribution in [0.4, 0.5) is 13.2 Å². The number of nitrogens with zero attached hydrogens (tertiary/aromatic N) is 2. The fourth-order valence-corrected chi connectivity index (χ4v) is 4.56. The van der Waals surface area contributed by atoms with Crippen LogP contribution in [0.2, 0.25) is 15.1 Å². The van der Waals surface area contributed by atoms with Gasteiger partial charge in [-0.25, -0.2) is 0 Å². The summed E-state index contributed by atoms with van der Waals surface area (Å²) in [6, 6.07) is 12.7. The monoisotopic (exact) mass is 504 g/mol. The zero-order valence-electron chi connectivity index (χ0n) is 15.9. The number of hydrogen-bond donors (Lipinski definition) is 0. The molecule has 1 heterocycles. The first-order valence-corrected chi connectivity index (χ1v) is 10.8. The second kappa shape index (κ2) is 9.76. The minimum atomic E-state index is -4.74. The Morgan fingerprint density at radius 1 is 1.06 bits per heavy atom. The number of ether oxygens (including phenoxy) is 1. The molecular formula is C21H14Cl3F3N2OS. The molecule has 0 bridgehead atoms. The van der Waals surface area contributed by atoms with E-state index in [-0.39, 0.29) is 39.5 Å². The lowest BCUT2D eigenvalue weighted by Gasteiger charge is -2.16. The van der Waals surface area contributed by atoms with Gasteiger partial charge in [-0.15, -0.1) is 0 Å². The van der Waals surface area contributed by atoms with E-state index in [9.17, 15) is 18.4 Å². The van der Waals surface area contributed by atoms with E-state index in [1.54, 1.807) is 37.3 Å². The molecule has 3 nitrogen and oxygen atoms in total. The van der Waals surface area contributed by atoms with Crippen LogP contribution in [0.1, 0.15) is 18.2 Å². The lowest BCUT2D eigenvalue weighted by atomic mass is 10.1. The summed E-state index contributed by atoms with van der Waals surface area (Å²) in [5.74, 6) is 0. The zero-order valence-corrected chi connectivity index (χ0v) is 19.0. The molecule has 0 N–H and O–H groups in total. The Hall–Kier alpha value is -1.82. The van der Waals surface area contributed by atoms with Crippen molar-refractivity contribution in [3.8, 4) is 17.3 Å². The van der Waals surface area contributed by atoms with Crippen molar-refractivity contribution in [2.24, 2.45) is 0 Å². The standard InChI is InChI=1S/C21H14Cl3F3N2OS/c1-2-30-11-29-18(12-3-5-13(22)6-4-12)15(10-28)19(20(29)21(25,26)27)31-14-7-8-16(23)17(24)9-14/h3-9H,2,11H2,1H3. The molecule has 3 rings (SSSR count). The Kier molecular flexibility index (Phi) is 7.51. The SMILES string of the molecule is CCOCn1c(-c2ccc(Cl)cc2)c(C#N)c(Sc2ccc(Cl)c(Cl)c2)c1C(F)(F)F. The summed E-state index contributed by atoms with van der Waals surface area (Å²) in [4.78, 5) is 0.172. The van der Waals surface area contributed by atoms with E-state index < -0.39 is 11.9 Å². The van der Waals surface area contributed by atoms with Crippen molar-refractivity contribution in [3.63, 3.8) is 0 Å². The summed E-state index contributed by atoms with van der Waals surface area (Å²) in [5.41, 5.74) is -0.585. The Balaban J connectivity index is 2.30. The van der Waals surface area contributed by atoms with E-state index in [2.05, 4.69) is 0 Å². The first-order valence-electron chi connectivity index (χ1n) is 8.87. The maximum Gasteiger partial charge on any atom is 0.432 e. The molecule has 0 amide bonds. The molecule has 0 saturated carbocycles. The lowest BCUT2D eigenvalue weighted by Crippen LogP contribution is -2.17. The van der Waals surface area contributed by atoms with Crippen molar-refractivity contribution in [2.45, 2.75) is 29.6 Å². The summed E-state index contributed by atoms with van der Waals surface area (Å²) < 4.78 is 49.0. The number of benzene rings is 2. The number of alkyl halides is 3. The van der Waals surface area contributed by atoms with Crippen LogP contribution in [-0.4, -0.2) is 11.2 Å². The molecular weight excluding hydrogens is 492 g/mol. The highest BCUT2D eigenvalue weighted by molar-refractivity contribution is 7.99. The first-order chi connectivity index (χ1) is 14.7. The van der Waals surface area contributed by atoms with Gasteiger partial charge in [-0.05, 0) is 42.8 Å². The fraction of sp³-hybridized carbons (Fsp3) is 0.190. The molecule has 0 unspecified atom stereocenters. The number of aromatic nitrogens is 1. The number of hydrogen-bond acceptors (Lipinski definition) is 3. The zero-order chi connectivity index (χ0) is 22.8. The first kappa shape index (κ1) is 23.8. The van der Waals surface area contributed by atoms with Crippen LogP contribution in [0.3, 0.4) is 0 Å². The molecule has 3 aromatic rings. The average Bonchev–Trinajstić information content (AvgIpc) is 3.03. The predicted molar refractivity (Wildman–Crippen MR) is 117 cm³/mol. The number of nitriles is 1. The smallest absolute Gasteiger partial charge is 0.361 e. The highest BCUT2D eigenvalue weighted by atomic mass is 35.5. The van der Waals surface area contributed by atoms with E-state index in [4.69, 9.17) is 39.5 Å². The van der Waals surface area contributed by atoms with Gasteiger partial charge >= 0.3 is 6.18 Å². The highest BCUT2D eigenvalue weighted by Crippen LogP contribution is 2.47. The molecule has 0 fully saturated rings. The number of rotatable bonds is 6. The van der Waals surface area contributed by atoms with Crippen LogP contribution in [-0.2, 0) is 17.6 Å². The topological polar surface area (TPSA) is 38.0 Å². The van der Waals surface area contributed by atoms with Crippen LogP contribution in [0.5, 0.6) is 0 Å². The van der Waals surface area contributed by atoms with Crippen LogP contribution >= 0.6 is 46.6 Å². The van der Waals surface area contributed by atoms with Gasteiger partial charge in [0.05, 0.1) is 26.2 Å². The maximum absolute atomic E-state index is 14.2. The summed E-state index contributed by atoms with van der Waals surface area (Å²) >= 11 is 18.7. The maximum atomic E-state index is 14.2. The summed E-state index contributed by atoms with van der Waals surface area (Å²) in [6.07, 6.45) is -4.74. The second-order valence-electron chi connectivity index (χ2n) is 6.25. The summed E-state index contributed by atoms with van der Waals surface area (Å²) in [5, 5.41) is 10.8. The minimum absolute atomic E-state index is 0.0995. The van der Waals surface area contributed by atoms with Gasteiger partial charge in [-0.2, -0.15) is 18.4 Å². The molecule has 1 aromatic heterocycles. The van der Waals surface area contributed by atoms with Crippen molar-refractivity contribution in [2.75, 3.05) is 6.61 Å². The quantitative estimate of drug-likeness (QED) is 0.339. The molecule has 0 spiro atoms. The molecule has 2 aromatic carbocycles. The molecule has 10 heteroatoms. The van der Waals surface area contributed by atoms with E-state index in [0.717, 1.165) is 16.3 Å². The molecule has 0 aliphatic rings. The van der Waals surface area contributed by atoms with Gasteiger partial charge in [-0.3, -0.25) is 0 Å². The normalized spacial score (nSPS) is 11.5. The van der Waals surface area contributed by atoms with Gasteiger partial charge in [0.2, 0.25) is 0 Å². The Morgan fingerprint density at radius 3 is 2.29 bits per heavy atom. The van der Waals surface area contributed by atoms with Crippen LogP contribution in [0.15, 0.2) is 52.3 Å². The third-order valence-corrected chi connectivity index (χ3v) is 6.33. The molecule has 0 atom stereocenters. The van der Waals surface area contributed by atoms with E-state index in [1.165, 1.54) is 12.1 Å². The summed E-state index contributed by atoms with van der Waals surface area (Å²) in [7, 11) is 0. The molecule has 0 aliphatic heterocycles. The highest BCUT2D eigenvalue weighted by Gasteiger charge is 2.42. The molecule has 31 heavy (non-hydrogen) atoms. The Morgan fingerprint density at radius 2 is 1.74 bits per heavy atom. The predicted octanol–water partition coefficient (Wildman–Crippen LogP) is 8.15. The van der Waals surface area contributed by atoms with Crippen LogP contribution < -0.4 is 0 Å². The van der Waals surface area contributed by atoms with Crippen LogP contribution in [0, 0.1) is 11.3 Å². The van der Waals surface area contributed by atoms with Gasteiger partial charge in [-0.1, -0.05) is 58.7 Å². The van der Waals surface area contributed by atoms with Crippen molar-refractivity contribution in [1.29, 1.82) is 5.26 Å². The van der Waals surface area contributed by atoms with Crippen molar-refractivity contribution in [3.05, 3.63) is 68.8 Å². The average molecular weight is 506 g/mol. The number of halogens is 6. The van der Waals surface area contributed by atoms with Gasteiger partial charge in [0, 0.05) is 16.5 Å². The third kappa shape index (κ3) is 5.16. The summed E-state index contributed by atoms with van der Waals surface area (Å²) in [6.45, 7) is 1.50. The molecule has 0 saturated heterocycles. The van der Waals surface area contributed by atoms with Crippen LogP contribution in [0.25, 0.3) is 11.3 Å². The van der Waals surface area contributed by atoms with Gasteiger partial charge in [0.15, 0.2) is 0 Å². The van der Waals surface area contributed by atoms with Gasteiger partial charge in [0.25, 0.3) is 0 Å². The molecule has 0 radical (unpaired) electrons. The van der Waals surface area contributed by atoms with E-state index in [0.29, 0.717) is 15.5 Å². The molecule has 0 aliphatic carbocycles.